The minimum Gasteiger partial charge on any atom is -0.352 e. The van der Waals surface area contributed by atoms with Crippen molar-refractivity contribution in [1.82, 2.24) is 9.62 Å². The predicted molar refractivity (Wildman–Crippen MR) is 137 cm³/mol. The summed E-state index contributed by atoms with van der Waals surface area (Å²) in [6, 6.07) is 19.3. The molecule has 2 N–H and O–H groups in total. The van der Waals surface area contributed by atoms with Gasteiger partial charge in [-0.3, -0.25) is 9.59 Å². The van der Waals surface area contributed by atoms with Crippen LogP contribution in [-0.4, -0.2) is 51.7 Å². The number of hydrogen-bond acceptors (Lipinski definition) is 5. The number of benzene rings is 3. The Morgan fingerprint density at radius 1 is 1.00 bits per heavy atom. The summed E-state index contributed by atoms with van der Waals surface area (Å²) in [6.07, 6.45) is 0.550. The SMILES string of the molecule is CCN1c2ccc(C(=O)NCCc3ccc(S(=O)(=O)N(C)C)cc3)cc2NC(=O)c2ccccc21. The Hall–Kier alpha value is -3.69. The van der Waals surface area contributed by atoms with Crippen molar-refractivity contribution in [3.8, 4) is 0 Å². The molecule has 0 unspecified atom stereocenters. The standard InChI is InChI=1S/C26H28N4O4S/c1-4-30-23-8-6-5-7-21(23)26(32)28-22-17-19(11-14-24(22)30)25(31)27-16-15-18-9-12-20(13-10-18)35(33,34)29(2)3/h5-14,17H,4,15-16H2,1-3H3,(H,27,31)(H,28,32). The fraction of sp³-hybridized carbons (Fsp3) is 0.231. The zero-order valence-corrected chi connectivity index (χ0v) is 20.7. The van der Waals surface area contributed by atoms with E-state index in [0.29, 0.717) is 36.3 Å². The van der Waals surface area contributed by atoms with Gasteiger partial charge in [0.05, 0.1) is 27.5 Å². The van der Waals surface area contributed by atoms with Gasteiger partial charge in [0.2, 0.25) is 10.0 Å². The Balaban J connectivity index is 1.44. The first-order valence-corrected chi connectivity index (χ1v) is 12.8. The van der Waals surface area contributed by atoms with Crippen molar-refractivity contribution in [3.05, 3.63) is 83.4 Å². The topological polar surface area (TPSA) is 98.8 Å². The number of amides is 2. The van der Waals surface area contributed by atoms with Gasteiger partial charge in [0.25, 0.3) is 11.8 Å². The van der Waals surface area contributed by atoms with Crippen LogP contribution in [0, 0.1) is 0 Å². The van der Waals surface area contributed by atoms with Crippen molar-refractivity contribution in [2.75, 3.05) is 37.4 Å². The van der Waals surface area contributed by atoms with E-state index >= 15 is 0 Å². The Morgan fingerprint density at radius 3 is 2.40 bits per heavy atom. The summed E-state index contributed by atoms with van der Waals surface area (Å²) in [6.45, 7) is 3.06. The molecule has 0 saturated carbocycles. The summed E-state index contributed by atoms with van der Waals surface area (Å²) >= 11 is 0. The third-order valence-corrected chi connectivity index (χ3v) is 7.78. The number of anilines is 3. The van der Waals surface area contributed by atoms with Crippen LogP contribution in [0.25, 0.3) is 0 Å². The molecule has 1 aliphatic rings. The van der Waals surface area contributed by atoms with Gasteiger partial charge >= 0.3 is 0 Å². The van der Waals surface area contributed by atoms with E-state index in [1.54, 1.807) is 42.5 Å². The van der Waals surface area contributed by atoms with Crippen LogP contribution in [0.3, 0.4) is 0 Å². The maximum Gasteiger partial charge on any atom is 0.257 e. The molecule has 0 atom stereocenters. The van der Waals surface area contributed by atoms with Gasteiger partial charge in [-0.05, 0) is 61.4 Å². The van der Waals surface area contributed by atoms with Crippen LogP contribution in [-0.2, 0) is 16.4 Å². The van der Waals surface area contributed by atoms with Crippen molar-refractivity contribution in [3.63, 3.8) is 0 Å². The Morgan fingerprint density at radius 2 is 1.71 bits per heavy atom. The molecule has 0 aliphatic carbocycles. The van der Waals surface area contributed by atoms with Gasteiger partial charge in [-0.25, -0.2) is 12.7 Å². The fourth-order valence-corrected chi connectivity index (χ4v) is 4.94. The molecule has 2 amide bonds. The first-order chi connectivity index (χ1) is 16.7. The molecule has 9 heteroatoms. The van der Waals surface area contributed by atoms with Gasteiger partial charge < -0.3 is 15.5 Å². The van der Waals surface area contributed by atoms with Gasteiger partial charge in [-0.2, -0.15) is 0 Å². The molecular weight excluding hydrogens is 464 g/mol. The van der Waals surface area contributed by atoms with Crippen molar-refractivity contribution in [2.24, 2.45) is 0 Å². The number of nitrogens with zero attached hydrogens (tertiary/aromatic N) is 2. The molecule has 0 spiro atoms. The number of hydrogen-bond donors (Lipinski definition) is 2. The predicted octanol–water partition coefficient (Wildman–Crippen LogP) is 3.63. The average Bonchev–Trinajstić information content (AvgIpc) is 2.97. The van der Waals surface area contributed by atoms with Crippen LogP contribution in [0.15, 0.2) is 71.6 Å². The summed E-state index contributed by atoms with van der Waals surface area (Å²) in [5, 5.41) is 5.83. The van der Waals surface area contributed by atoms with E-state index in [2.05, 4.69) is 10.6 Å². The maximum atomic E-state index is 12.8. The number of rotatable bonds is 7. The van der Waals surface area contributed by atoms with Crippen LogP contribution in [0.5, 0.6) is 0 Å². The lowest BCUT2D eigenvalue weighted by molar-refractivity contribution is 0.0952. The van der Waals surface area contributed by atoms with Crippen LogP contribution >= 0.6 is 0 Å². The first kappa shape index (κ1) is 24.4. The summed E-state index contributed by atoms with van der Waals surface area (Å²) < 4.78 is 25.6. The smallest absolute Gasteiger partial charge is 0.257 e. The summed E-state index contributed by atoms with van der Waals surface area (Å²) in [5.41, 5.74) is 4.18. The van der Waals surface area contributed by atoms with E-state index in [1.165, 1.54) is 18.4 Å². The molecular formula is C26H28N4O4S. The highest BCUT2D eigenvalue weighted by Crippen LogP contribution is 2.38. The molecule has 8 nitrogen and oxygen atoms in total. The van der Waals surface area contributed by atoms with Gasteiger partial charge in [-0.1, -0.05) is 24.3 Å². The molecule has 4 rings (SSSR count). The number of carbonyl (C=O) groups is 2. The van der Waals surface area contributed by atoms with E-state index in [9.17, 15) is 18.0 Å². The fourth-order valence-electron chi connectivity index (χ4n) is 4.04. The number of carbonyl (C=O) groups excluding carboxylic acids is 2. The number of nitrogens with one attached hydrogen (secondary N) is 2. The van der Waals surface area contributed by atoms with Gasteiger partial charge in [-0.15, -0.1) is 0 Å². The second-order valence-electron chi connectivity index (χ2n) is 8.38. The average molecular weight is 493 g/mol. The minimum atomic E-state index is -3.47. The van der Waals surface area contributed by atoms with Crippen molar-refractivity contribution in [2.45, 2.75) is 18.2 Å². The van der Waals surface area contributed by atoms with Gasteiger partial charge in [0.1, 0.15) is 0 Å². The molecule has 1 heterocycles. The van der Waals surface area contributed by atoms with Crippen LogP contribution < -0.4 is 15.5 Å². The Kier molecular flexibility index (Phi) is 6.90. The normalized spacial score (nSPS) is 13.0. The molecule has 182 valence electrons. The first-order valence-electron chi connectivity index (χ1n) is 11.3. The van der Waals surface area contributed by atoms with Crippen molar-refractivity contribution >= 4 is 38.9 Å². The number of sulfonamides is 1. The van der Waals surface area contributed by atoms with E-state index in [4.69, 9.17) is 0 Å². The lowest BCUT2D eigenvalue weighted by atomic mass is 10.1. The molecule has 0 fully saturated rings. The summed E-state index contributed by atoms with van der Waals surface area (Å²) in [4.78, 5) is 27.9. The highest BCUT2D eigenvalue weighted by Gasteiger charge is 2.24. The molecule has 1 aliphatic heterocycles. The van der Waals surface area contributed by atoms with Crippen LogP contribution in [0.4, 0.5) is 17.1 Å². The zero-order valence-electron chi connectivity index (χ0n) is 19.9. The van der Waals surface area contributed by atoms with Gasteiger partial charge in [0.15, 0.2) is 0 Å². The molecule has 0 saturated heterocycles. The molecule has 35 heavy (non-hydrogen) atoms. The van der Waals surface area contributed by atoms with Crippen molar-refractivity contribution in [1.29, 1.82) is 0 Å². The highest BCUT2D eigenvalue weighted by atomic mass is 32.2. The lowest BCUT2D eigenvalue weighted by Gasteiger charge is -2.24. The number of fused-ring (bicyclic) bond motifs is 2. The molecule has 3 aromatic rings. The van der Waals surface area contributed by atoms with Crippen LogP contribution in [0.1, 0.15) is 33.2 Å². The van der Waals surface area contributed by atoms with Gasteiger partial charge in [0, 0.05) is 32.7 Å². The minimum absolute atomic E-state index is 0.213. The second-order valence-corrected chi connectivity index (χ2v) is 10.5. The zero-order chi connectivity index (χ0) is 25.2. The quantitative estimate of drug-likeness (QED) is 0.525. The molecule has 0 radical (unpaired) electrons. The monoisotopic (exact) mass is 492 g/mol. The summed E-state index contributed by atoms with van der Waals surface area (Å²) in [5.74, 6) is -0.464. The Labute approximate surface area is 205 Å². The lowest BCUT2D eigenvalue weighted by Crippen LogP contribution is -2.26. The van der Waals surface area contributed by atoms with E-state index in [1.807, 2.05) is 36.1 Å². The Bertz CT molecular complexity index is 1370. The molecule has 0 aromatic heterocycles. The third-order valence-electron chi connectivity index (χ3n) is 5.95. The third kappa shape index (κ3) is 4.91. The van der Waals surface area contributed by atoms with Crippen molar-refractivity contribution < 1.29 is 18.0 Å². The van der Waals surface area contributed by atoms with E-state index in [-0.39, 0.29) is 16.7 Å². The van der Waals surface area contributed by atoms with E-state index in [0.717, 1.165) is 16.9 Å². The summed E-state index contributed by atoms with van der Waals surface area (Å²) in [7, 11) is -0.488. The second kappa shape index (κ2) is 9.89. The molecule has 3 aromatic carbocycles. The maximum absolute atomic E-state index is 12.8. The van der Waals surface area contributed by atoms with Crippen LogP contribution in [0.2, 0.25) is 0 Å². The highest BCUT2D eigenvalue weighted by molar-refractivity contribution is 7.89. The van der Waals surface area contributed by atoms with E-state index < -0.39 is 10.0 Å². The largest absolute Gasteiger partial charge is 0.352 e. The number of para-hydroxylation sites is 1. The molecule has 0 bridgehead atoms.